The summed E-state index contributed by atoms with van der Waals surface area (Å²) in [6.07, 6.45) is 14.7. The van der Waals surface area contributed by atoms with Crippen LogP contribution in [0.3, 0.4) is 0 Å². The molecule has 3 fully saturated rings. The van der Waals surface area contributed by atoms with Crippen LogP contribution in [0.15, 0.2) is 71.9 Å². The molecule has 2 bridgehead atoms. The molecule has 406 valence electrons. The molecule has 1 saturated carbocycles. The summed E-state index contributed by atoms with van der Waals surface area (Å²) in [6, 6.07) is 5.23. The Morgan fingerprint density at radius 1 is 0.836 bits per heavy atom. The summed E-state index contributed by atoms with van der Waals surface area (Å²) in [5.74, 6) is -6.80. The Morgan fingerprint density at radius 2 is 1.59 bits per heavy atom. The first-order valence-corrected chi connectivity index (χ1v) is 27.4. The first-order chi connectivity index (χ1) is 34.7. The van der Waals surface area contributed by atoms with E-state index in [1.165, 1.54) is 28.7 Å². The number of nitrogens with zero attached hydrogens (tertiary/aromatic N) is 1. The van der Waals surface area contributed by atoms with Crippen LogP contribution in [0.5, 0.6) is 0 Å². The van der Waals surface area contributed by atoms with Crippen molar-refractivity contribution in [3.8, 4) is 0 Å². The highest BCUT2D eigenvalue weighted by Gasteiger charge is 2.53. The normalized spacial score (nSPS) is 39.9. The summed E-state index contributed by atoms with van der Waals surface area (Å²) in [6.45, 7) is 15.6. The smallest absolute Gasteiger partial charge is 0.329 e. The molecule has 5 aliphatic rings. The van der Waals surface area contributed by atoms with E-state index in [1.54, 1.807) is 27.0 Å². The lowest BCUT2D eigenvalue weighted by atomic mass is 9.78. The molecule has 1 amide bonds. The molecule has 1 unspecified atom stereocenters. The van der Waals surface area contributed by atoms with Crippen molar-refractivity contribution in [3.05, 3.63) is 88.6 Å². The van der Waals surface area contributed by atoms with E-state index < -0.39 is 84.1 Å². The largest absolute Gasteiger partial charge is 0.460 e. The lowest BCUT2D eigenvalue weighted by molar-refractivity contribution is -0.264. The zero-order valence-electron chi connectivity index (χ0n) is 45.5. The van der Waals surface area contributed by atoms with E-state index in [9.17, 15) is 39.9 Å². The molecular weight excluding hydrogens is 927 g/mol. The number of methoxy groups -OCH3 is 2. The van der Waals surface area contributed by atoms with Crippen LogP contribution in [-0.4, -0.2) is 130 Å². The van der Waals surface area contributed by atoms with Gasteiger partial charge in [0, 0.05) is 44.9 Å². The molecule has 1 aromatic rings. The Hall–Kier alpha value is -3.79. The van der Waals surface area contributed by atoms with Crippen LogP contribution in [0.1, 0.15) is 142 Å². The van der Waals surface area contributed by atoms with Gasteiger partial charge >= 0.3 is 5.97 Å². The molecule has 3 heterocycles. The molecule has 17 atom stereocenters. The molecule has 13 nitrogen and oxygen atoms in total. The van der Waals surface area contributed by atoms with Crippen molar-refractivity contribution in [2.75, 3.05) is 20.8 Å². The van der Waals surface area contributed by atoms with Gasteiger partial charge in [-0.2, -0.15) is 0 Å². The second-order valence-electron chi connectivity index (χ2n) is 22.8. The molecule has 0 spiro atoms. The van der Waals surface area contributed by atoms with Gasteiger partial charge in [-0.05, 0) is 149 Å². The van der Waals surface area contributed by atoms with Gasteiger partial charge in [0.2, 0.25) is 5.79 Å². The van der Waals surface area contributed by atoms with E-state index in [-0.39, 0.29) is 55.1 Å². The number of piperidine rings is 1. The number of aliphatic hydroxyl groups excluding tert-OH is 4. The summed E-state index contributed by atoms with van der Waals surface area (Å²) in [5, 5.41) is 58.1. The molecule has 0 aromatic heterocycles. The number of hydrogen-bond acceptors (Lipinski definition) is 12. The lowest BCUT2D eigenvalue weighted by Gasteiger charge is -2.43. The molecule has 1 aromatic carbocycles. The number of fused-ring (bicyclic) bond motifs is 4. The number of allylic oxidation sites excluding steroid dienone is 8. The number of ketones is 1. The van der Waals surface area contributed by atoms with Crippen LogP contribution in [0.2, 0.25) is 0 Å². The number of cyclic esters (lactones) is 1. The van der Waals surface area contributed by atoms with Gasteiger partial charge in [-0.25, -0.2) is 4.79 Å². The molecule has 0 radical (unpaired) electrons. The van der Waals surface area contributed by atoms with Crippen molar-refractivity contribution in [1.29, 1.82) is 0 Å². The second kappa shape index (κ2) is 26.3. The number of aryl methyl sites for hydroxylation is 1. The molecule has 6 rings (SSSR count). The van der Waals surface area contributed by atoms with E-state index in [2.05, 4.69) is 57.2 Å². The molecule has 13 heteroatoms. The molecule has 3 aliphatic heterocycles. The SMILES string of the molecule is CO[C@H]1[C@@H](O)[C@H](C)C[C@H](C)/C=C/C=C/C=C(\C)[C@@H](C2=CCc3c(C)cccc32)C[C@@H]2CC[C@@H](C)[C@@](O)(O2)C(=O)C(=O)N2CCCC[C@H]2C(=O)OC([C@H](C)C[C@@H]2CC[C@@H](O)[C@H](OC)C2)C[C@H](O)[C@H](C)/C=C(\C)[C@H]1O. The monoisotopic (exact) mass is 1020 g/mol. The zero-order valence-corrected chi connectivity index (χ0v) is 45.5. The summed E-state index contributed by atoms with van der Waals surface area (Å²) in [4.78, 5) is 45.1. The number of aliphatic hydroxyl groups is 5. The minimum absolute atomic E-state index is 0.0365. The highest BCUT2D eigenvalue weighted by atomic mass is 16.6. The van der Waals surface area contributed by atoms with Gasteiger partial charge in [-0.1, -0.05) is 101 Å². The van der Waals surface area contributed by atoms with Crippen molar-refractivity contribution in [1.82, 2.24) is 4.90 Å². The van der Waals surface area contributed by atoms with E-state index in [4.69, 9.17) is 18.9 Å². The Bertz CT molecular complexity index is 2200. The van der Waals surface area contributed by atoms with Gasteiger partial charge in [0.25, 0.3) is 11.7 Å². The summed E-state index contributed by atoms with van der Waals surface area (Å²) >= 11 is 0. The summed E-state index contributed by atoms with van der Waals surface area (Å²) in [7, 11) is 3.06. The third-order valence-electron chi connectivity index (χ3n) is 17.3. The number of carbonyl (C=O) groups excluding carboxylic acids is 3. The zero-order chi connectivity index (χ0) is 53.3. The topological polar surface area (TPSA) is 193 Å². The summed E-state index contributed by atoms with van der Waals surface area (Å²) in [5.41, 5.74) is 6.40. The number of ether oxygens (including phenoxy) is 4. The Balaban J connectivity index is 1.34. The number of benzene rings is 1. The summed E-state index contributed by atoms with van der Waals surface area (Å²) < 4.78 is 24.3. The second-order valence-corrected chi connectivity index (χ2v) is 22.8. The molecule has 2 aliphatic carbocycles. The van der Waals surface area contributed by atoms with Gasteiger partial charge in [0.1, 0.15) is 24.4 Å². The van der Waals surface area contributed by atoms with Crippen LogP contribution in [0, 0.1) is 48.3 Å². The predicted molar refractivity (Wildman–Crippen MR) is 283 cm³/mol. The van der Waals surface area contributed by atoms with Crippen LogP contribution >= 0.6 is 0 Å². The van der Waals surface area contributed by atoms with Gasteiger partial charge in [-0.15, -0.1) is 0 Å². The molecule has 73 heavy (non-hydrogen) atoms. The van der Waals surface area contributed by atoms with E-state index in [1.807, 2.05) is 39.0 Å². The van der Waals surface area contributed by atoms with Gasteiger partial charge in [0.05, 0.1) is 30.5 Å². The number of hydrogen-bond donors (Lipinski definition) is 5. The van der Waals surface area contributed by atoms with Crippen LogP contribution in [-0.2, 0) is 39.8 Å². The Labute approximate surface area is 435 Å². The van der Waals surface area contributed by atoms with Crippen molar-refractivity contribution in [2.24, 2.45) is 41.4 Å². The van der Waals surface area contributed by atoms with Gasteiger partial charge in [0.15, 0.2) is 0 Å². The third-order valence-corrected chi connectivity index (χ3v) is 17.3. The maximum atomic E-state index is 14.6. The van der Waals surface area contributed by atoms with Gasteiger partial charge in [-0.3, -0.25) is 9.59 Å². The van der Waals surface area contributed by atoms with E-state index in [0.717, 1.165) is 24.0 Å². The average Bonchev–Trinajstić information content (AvgIpc) is 3.81. The standard InChI is InChI=1S/C60H89NO12/c1-35-17-12-11-13-18-37(3)48(47-26-25-45-36(2)19-16-20-46(45)47)33-44-24-22-42(8)60(69,73-44)57(66)58(67)61-28-15-14-21-49(61)59(68)72-52(39(5)31-43-23-27-50(62)53(32-43)70-9)34-51(63)38(4)30-41(7)55(65)56(71-10)54(64)40(6)29-35/h11-13,16-20,26,30,35,38-40,42-44,48-56,62-65,69H,14-15,21-25,27-29,31-34H2,1-10H3/b13-11+,17-12+,37-18+,41-30+/t35-,38-,39-,40-,42-,43+,44+,48+,49+,50-,51+,52?,53-,54+,55-,56+,60-/m1/s1. The van der Waals surface area contributed by atoms with Crippen molar-refractivity contribution in [3.63, 3.8) is 0 Å². The highest BCUT2D eigenvalue weighted by molar-refractivity contribution is 6.39. The average molecular weight is 1020 g/mol. The van der Waals surface area contributed by atoms with Crippen LogP contribution in [0.4, 0.5) is 0 Å². The fraction of sp³-hybridized carbons (Fsp3) is 0.683. The van der Waals surface area contributed by atoms with E-state index in [0.29, 0.717) is 63.4 Å². The number of esters is 1. The number of Topliss-reactive ketones (excluding diaryl/α,β-unsaturated/α-hetero) is 1. The maximum Gasteiger partial charge on any atom is 0.329 e. The quantitative estimate of drug-likeness (QED) is 0.104. The lowest BCUT2D eigenvalue weighted by Crippen LogP contribution is -2.60. The van der Waals surface area contributed by atoms with Crippen molar-refractivity contribution < 1.29 is 58.9 Å². The number of carbonyl (C=O) groups is 3. The van der Waals surface area contributed by atoms with Crippen molar-refractivity contribution >= 4 is 23.2 Å². The number of rotatable bonds is 6. The fourth-order valence-corrected chi connectivity index (χ4v) is 12.4. The minimum atomic E-state index is -2.42. The molecular formula is C60H89NO12. The predicted octanol–water partition coefficient (Wildman–Crippen LogP) is 8.31. The Morgan fingerprint density at radius 3 is 2.32 bits per heavy atom. The fourth-order valence-electron chi connectivity index (χ4n) is 12.4. The molecule has 5 N–H and O–H groups in total. The first-order valence-electron chi connectivity index (χ1n) is 27.4. The number of amides is 1. The van der Waals surface area contributed by atoms with E-state index >= 15 is 0 Å². The van der Waals surface area contributed by atoms with Gasteiger partial charge < -0.3 is 49.4 Å². The maximum absolute atomic E-state index is 14.6. The highest BCUT2D eigenvalue weighted by Crippen LogP contribution is 2.44. The van der Waals surface area contributed by atoms with Crippen LogP contribution < -0.4 is 0 Å². The van der Waals surface area contributed by atoms with Crippen molar-refractivity contribution in [2.45, 2.75) is 200 Å². The molecule has 2 saturated heterocycles. The minimum Gasteiger partial charge on any atom is -0.460 e. The third kappa shape index (κ3) is 14.2. The van der Waals surface area contributed by atoms with Crippen LogP contribution in [0.25, 0.3) is 5.57 Å². The Kier molecular flexibility index (Phi) is 21.1. The first kappa shape index (κ1) is 58.5.